The number of carbonyl (C=O) groups excluding carboxylic acids is 1. The van der Waals surface area contributed by atoms with E-state index in [1.54, 1.807) is 0 Å². The minimum Gasteiger partial charge on any atom is -0.306 e. The van der Waals surface area contributed by atoms with Crippen molar-refractivity contribution >= 4 is 46.3 Å². The first-order chi connectivity index (χ1) is 10.4. The van der Waals surface area contributed by atoms with E-state index in [9.17, 15) is 14.9 Å². The maximum atomic E-state index is 11.7. The standard InChI is InChI=1S/C12H9Cl2N5O3/c13-10-5-8(6-11(14)16-10)15-12(20)18-17-7-1-3-9(4-2-7)19(21)22/h1-6,17H,(H2,15,16,18,20). The highest BCUT2D eigenvalue weighted by Crippen LogP contribution is 2.18. The van der Waals surface area contributed by atoms with Crippen LogP contribution in [0.3, 0.4) is 0 Å². The van der Waals surface area contributed by atoms with Crippen molar-refractivity contribution in [1.29, 1.82) is 0 Å². The molecule has 0 atom stereocenters. The SMILES string of the molecule is O=C(NNc1ccc([N+](=O)[O-])cc1)Nc1cc(Cl)nc(Cl)c1. The van der Waals surface area contributed by atoms with Crippen molar-refractivity contribution in [2.45, 2.75) is 0 Å². The van der Waals surface area contributed by atoms with Crippen LogP contribution in [0.15, 0.2) is 36.4 Å². The van der Waals surface area contributed by atoms with Crippen molar-refractivity contribution in [3.8, 4) is 0 Å². The Balaban J connectivity index is 1.91. The number of nitrogens with one attached hydrogen (secondary N) is 3. The minimum atomic E-state index is -0.573. The quantitative estimate of drug-likeness (QED) is 0.448. The molecule has 1 aromatic carbocycles. The Morgan fingerprint density at radius 2 is 1.68 bits per heavy atom. The third-order valence-electron chi connectivity index (χ3n) is 2.42. The number of urea groups is 1. The average Bonchev–Trinajstić information content (AvgIpc) is 2.44. The lowest BCUT2D eigenvalue weighted by molar-refractivity contribution is -0.384. The van der Waals surface area contributed by atoms with Crippen LogP contribution >= 0.6 is 23.2 Å². The maximum absolute atomic E-state index is 11.7. The van der Waals surface area contributed by atoms with Gasteiger partial charge in [-0.25, -0.2) is 9.78 Å². The topological polar surface area (TPSA) is 109 Å². The van der Waals surface area contributed by atoms with Crippen LogP contribution < -0.4 is 16.2 Å². The number of hydrazine groups is 1. The number of rotatable bonds is 4. The first-order valence-electron chi connectivity index (χ1n) is 5.84. The van der Waals surface area contributed by atoms with Gasteiger partial charge in [0.25, 0.3) is 5.69 Å². The summed E-state index contributed by atoms with van der Waals surface area (Å²) in [5.74, 6) is 0. The number of benzene rings is 1. The number of non-ortho nitro benzene ring substituents is 1. The second kappa shape index (κ2) is 6.92. The summed E-state index contributed by atoms with van der Waals surface area (Å²) in [4.78, 5) is 25.4. The summed E-state index contributed by atoms with van der Waals surface area (Å²) in [7, 11) is 0. The average molecular weight is 342 g/mol. The molecule has 0 saturated carbocycles. The van der Waals surface area contributed by atoms with Gasteiger partial charge in [-0.1, -0.05) is 23.2 Å². The van der Waals surface area contributed by atoms with Crippen molar-refractivity contribution in [2.24, 2.45) is 0 Å². The van der Waals surface area contributed by atoms with Crippen LogP contribution in [0.25, 0.3) is 0 Å². The molecule has 22 heavy (non-hydrogen) atoms. The fourth-order valence-corrected chi connectivity index (χ4v) is 1.96. The molecule has 8 nitrogen and oxygen atoms in total. The van der Waals surface area contributed by atoms with Gasteiger partial charge in [0.15, 0.2) is 0 Å². The predicted octanol–water partition coefficient (Wildman–Crippen LogP) is 3.45. The van der Waals surface area contributed by atoms with E-state index < -0.39 is 11.0 Å². The molecule has 1 heterocycles. The molecule has 3 N–H and O–H groups in total. The van der Waals surface area contributed by atoms with Crippen molar-refractivity contribution in [2.75, 3.05) is 10.7 Å². The van der Waals surface area contributed by atoms with Crippen LogP contribution in [0.2, 0.25) is 10.3 Å². The Bertz CT molecular complexity index is 688. The Hall–Kier alpha value is -2.58. The smallest absolute Gasteiger partial charge is 0.306 e. The largest absolute Gasteiger partial charge is 0.337 e. The molecule has 2 aromatic rings. The molecule has 0 saturated heterocycles. The summed E-state index contributed by atoms with van der Waals surface area (Å²) in [5.41, 5.74) is 5.75. The van der Waals surface area contributed by atoms with Gasteiger partial charge in [0.2, 0.25) is 0 Å². The Morgan fingerprint density at radius 1 is 1.09 bits per heavy atom. The molecule has 0 fully saturated rings. The first kappa shape index (κ1) is 15.8. The van der Waals surface area contributed by atoms with Crippen molar-refractivity contribution in [1.82, 2.24) is 10.4 Å². The maximum Gasteiger partial charge on any atom is 0.337 e. The van der Waals surface area contributed by atoms with Gasteiger partial charge < -0.3 is 5.32 Å². The van der Waals surface area contributed by atoms with Crippen molar-refractivity contribution in [3.05, 3.63) is 56.8 Å². The van der Waals surface area contributed by atoms with Crippen LogP contribution in [0.5, 0.6) is 0 Å². The zero-order chi connectivity index (χ0) is 16.1. The molecule has 114 valence electrons. The number of nitrogens with zero attached hydrogens (tertiary/aromatic N) is 2. The molecule has 2 amide bonds. The Kier molecular flexibility index (Phi) is 4.97. The Labute approximate surface area is 134 Å². The van der Waals surface area contributed by atoms with Gasteiger partial charge in [0.1, 0.15) is 10.3 Å². The summed E-state index contributed by atoms with van der Waals surface area (Å²) in [6.07, 6.45) is 0. The summed E-state index contributed by atoms with van der Waals surface area (Å²) in [6.45, 7) is 0. The normalized spacial score (nSPS) is 9.91. The molecule has 2 rings (SSSR count). The monoisotopic (exact) mass is 341 g/mol. The number of anilines is 2. The molecule has 0 aliphatic carbocycles. The van der Waals surface area contributed by atoms with E-state index in [1.165, 1.54) is 36.4 Å². The highest BCUT2D eigenvalue weighted by molar-refractivity contribution is 6.32. The molecule has 0 aliphatic heterocycles. The molecule has 0 aliphatic rings. The third kappa shape index (κ3) is 4.47. The number of aromatic nitrogens is 1. The molecule has 1 aromatic heterocycles. The number of carbonyl (C=O) groups is 1. The second-order valence-corrected chi connectivity index (χ2v) is 4.78. The van der Waals surface area contributed by atoms with Crippen LogP contribution in [0.4, 0.5) is 21.9 Å². The molecule has 0 bridgehead atoms. The molecule has 0 radical (unpaired) electrons. The van der Waals surface area contributed by atoms with Crippen molar-refractivity contribution in [3.63, 3.8) is 0 Å². The van der Waals surface area contributed by atoms with Gasteiger partial charge in [-0.15, -0.1) is 0 Å². The highest BCUT2D eigenvalue weighted by Gasteiger charge is 2.06. The van der Waals surface area contributed by atoms with Gasteiger partial charge in [0.05, 0.1) is 10.6 Å². The fraction of sp³-hybridized carbons (Fsp3) is 0. The predicted molar refractivity (Wildman–Crippen MR) is 83.1 cm³/mol. The molecular formula is C12H9Cl2N5O3. The van der Waals surface area contributed by atoms with Gasteiger partial charge in [-0.2, -0.15) is 0 Å². The first-order valence-corrected chi connectivity index (χ1v) is 6.60. The lowest BCUT2D eigenvalue weighted by Crippen LogP contribution is -2.33. The molecule has 10 heteroatoms. The van der Waals surface area contributed by atoms with Gasteiger partial charge in [-0.05, 0) is 24.3 Å². The van der Waals surface area contributed by atoms with E-state index in [0.29, 0.717) is 11.4 Å². The number of halogens is 2. The third-order valence-corrected chi connectivity index (χ3v) is 2.81. The summed E-state index contributed by atoms with van der Waals surface area (Å²) >= 11 is 11.4. The fourth-order valence-electron chi connectivity index (χ4n) is 1.49. The number of nitro groups is 1. The van der Waals surface area contributed by atoms with Gasteiger partial charge >= 0.3 is 6.03 Å². The molecular weight excluding hydrogens is 333 g/mol. The lowest BCUT2D eigenvalue weighted by Gasteiger charge is -2.10. The zero-order valence-corrected chi connectivity index (χ0v) is 12.4. The molecule has 0 unspecified atom stereocenters. The number of nitro benzene ring substituents is 1. The van der Waals surface area contributed by atoms with Gasteiger partial charge in [0, 0.05) is 17.8 Å². The highest BCUT2D eigenvalue weighted by atomic mass is 35.5. The number of amides is 2. The van der Waals surface area contributed by atoms with Crippen molar-refractivity contribution < 1.29 is 9.72 Å². The van der Waals surface area contributed by atoms with E-state index in [2.05, 4.69) is 21.2 Å². The summed E-state index contributed by atoms with van der Waals surface area (Å²) in [6, 6.07) is 7.82. The van der Waals surface area contributed by atoms with Crippen LogP contribution in [0, 0.1) is 10.1 Å². The number of pyridine rings is 1. The molecule has 0 spiro atoms. The van der Waals surface area contributed by atoms with Crippen LogP contribution in [-0.4, -0.2) is 15.9 Å². The lowest BCUT2D eigenvalue weighted by atomic mass is 10.3. The van der Waals surface area contributed by atoms with Crippen LogP contribution in [-0.2, 0) is 0 Å². The Morgan fingerprint density at radius 3 is 2.23 bits per heavy atom. The summed E-state index contributed by atoms with van der Waals surface area (Å²) in [5, 5.41) is 13.3. The van der Waals surface area contributed by atoms with Crippen LogP contribution in [0.1, 0.15) is 0 Å². The number of hydrogen-bond donors (Lipinski definition) is 3. The van der Waals surface area contributed by atoms with E-state index >= 15 is 0 Å². The number of hydrogen-bond acceptors (Lipinski definition) is 5. The minimum absolute atomic E-state index is 0.0453. The van der Waals surface area contributed by atoms with E-state index in [-0.39, 0.29) is 16.0 Å². The van der Waals surface area contributed by atoms with Gasteiger partial charge in [-0.3, -0.25) is 21.0 Å². The second-order valence-electron chi connectivity index (χ2n) is 4.01. The zero-order valence-electron chi connectivity index (χ0n) is 10.8. The summed E-state index contributed by atoms with van der Waals surface area (Å²) < 4.78 is 0. The van der Waals surface area contributed by atoms with E-state index in [1.807, 2.05) is 0 Å². The van der Waals surface area contributed by atoms with E-state index in [4.69, 9.17) is 23.2 Å². The van der Waals surface area contributed by atoms with E-state index in [0.717, 1.165) is 0 Å².